The highest BCUT2D eigenvalue weighted by molar-refractivity contribution is 9.10. The molecule has 0 saturated carbocycles. The summed E-state index contributed by atoms with van der Waals surface area (Å²) in [5.74, 6) is -0.481. The molecule has 1 rings (SSSR count). The molecule has 0 bridgehead atoms. The Morgan fingerprint density at radius 1 is 1.71 bits per heavy atom. The molecule has 0 aromatic carbocycles. The van der Waals surface area contributed by atoms with Crippen molar-refractivity contribution in [3.8, 4) is 0 Å². The van der Waals surface area contributed by atoms with E-state index in [1.807, 2.05) is 6.92 Å². The molecule has 0 spiro atoms. The van der Waals surface area contributed by atoms with Gasteiger partial charge in [-0.3, -0.25) is 0 Å². The summed E-state index contributed by atoms with van der Waals surface area (Å²) < 4.78 is 1.50. The van der Waals surface area contributed by atoms with Gasteiger partial charge in [-0.1, -0.05) is 6.92 Å². The summed E-state index contributed by atoms with van der Waals surface area (Å²) in [5, 5.41) is 26.8. The third-order valence-electron chi connectivity index (χ3n) is 1.97. The highest BCUT2D eigenvalue weighted by Gasteiger charge is 2.21. The number of nitrogens with one attached hydrogen (secondary N) is 1. The fourth-order valence-electron chi connectivity index (χ4n) is 1.21. The van der Waals surface area contributed by atoms with E-state index < -0.39 is 17.0 Å². The van der Waals surface area contributed by atoms with Gasteiger partial charge in [0.05, 0.1) is 12.6 Å². The summed E-state index contributed by atoms with van der Waals surface area (Å²) in [6, 6.07) is 0. The van der Waals surface area contributed by atoms with Crippen LogP contribution in [-0.2, 0) is 6.54 Å². The van der Waals surface area contributed by atoms with Crippen LogP contribution in [0.1, 0.15) is 13.3 Å². The third-order valence-corrected chi connectivity index (χ3v) is 2.56. The number of aliphatic hydroxyl groups is 1. The number of rotatable bonds is 7. The van der Waals surface area contributed by atoms with Crippen LogP contribution >= 0.6 is 15.9 Å². The van der Waals surface area contributed by atoms with Crippen molar-refractivity contribution < 1.29 is 10.0 Å². The second-order valence-electron chi connectivity index (χ2n) is 3.48. The molecule has 1 aromatic heterocycles. The van der Waals surface area contributed by atoms with Crippen LogP contribution in [0.2, 0.25) is 0 Å². The quantitative estimate of drug-likeness (QED) is 0.426. The van der Waals surface area contributed by atoms with Crippen LogP contribution in [0.4, 0.5) is 5.95 Å². The van der Waals surface area contributed by atoms with Crippen LogP contribution in [0.15, 0.2) is 4.73 Å². The van der Waals surface area contributed by atoms with Crippen LogP contribution in [0.3, 0.4) is 0 Å². The molecular formula is C8H14BrN5O3. The van der Waals surface area contributed by atoms with E-state index >= 15 is 0 Å². The second kappa shape index (κ2) is 6.62. The minimum Gasteiger partial charge on any atom is -0.390 e. The van der Waals surface area contributed by atoms with E-state index in [0.717, 1.165) is 13.0 Å². The molecule has 1 unspecified atom stereocenters. The molecule has 9 heteroatoms. The fourth-order valence-corrected chi connectivity index (χ4v) is 1.60. The van der Waals surface area contributed by atoms with Crippen molar-refractivity contribution in [1.29, 1.82) is 0 Å². The summed E-state index contributed by atoms with van der Waals surface area (Å²) in [5.41, 5.74) is 0. The van der Waals surface area contributed by atoms with Gasteiger partial charge in [-0.2, -0.15) is 4.68 Å². The lowest BCUT2D eigenvalue weighted by Gasteiger charge is -2.09. The van der Waals surface area contributed by atoms with E-state index in [1.54, 1.807) is 0 Å². The summed E-state index contributed by atoms with van der Waals surface area (Å²) in [6.07, 6.45) is 0.310. The average Bonchev–Trinajstić information content (AvgIpc) is 2.61. The van der Waals surface area contributed by atoms with E-state index in [1.165, 1.54) is 4.68 Å². The van der Waals surface area contributed by atoms with E-state index in [2.05, 4.69) is 31.3 Å². The predicted octanol–water partition coefficient (Wildman–Crippen LogP) is 0.309. The van der Waals surface area contributed by atoms with Gasteiger partial charge in [-0.25, -0.2) is 0 Å². The Hall–Kier alpha value is -1.06. The van der Waals surface area contributed by atoms with E-state index in [0.29, 0.717) is 6.54 Å². The molecule has 0 saturated heterocycles. The zero-order valence-electron chi connectivity index (χ0n) is 9.34. The van der Waals surface area contributed by atoms with Crippen molar-refractivity contribution in [3.05, 3.63) is 14.8 Å². The fraction of sp³-hybridized carbons (Fsp3) is 0.750. The summed E-state index contributed by atoms with van der Waals surface area (Å²) in [4.78, 5) is 13.4. The van der Waals surface area contributed by atoms with Gasteiger partial charge < -0.3 is 20.5 Å². The Bertz CT molecular complexity index is 383. The number of nitrogens with zero attached hydrogens (tertiary/aromatic N) is 4. The van der Waals surface area contributed by atoms with Gasteiger partial charge in [-0.05, 0) is 22.9 Å². The van der Waals surface area contributed by atoms with Gasteiger partial charge >= 0.3 is 5.95 Å². The number of aliphatic hydroxyl groups excluding tert-OH is 1. The van der Waals surface area contributed by atoms with Crippen LogP contribution in [0.5, 0.6) is 0 Å². The molecule has 96 valence electrons. The molecule has 0 aliphatic heterocycles. The standard InChI is InChI=1S/C8H14BrN5O3/c1-2-3-10-4-6(15)5-13-7(9)11-8(12-13)14(16)17/h6,10,15H,2-5H2,1H3. The number of hydrogen-bond donors (Lipinski definition) is 2. The van der Waals surface area contributed by atoms with E-state index in [-0.39, 0.29) is 11.3 Å². The minimum atomic E-state index is -0.678. The highest BCUT2D eigenvalue weighted by Crippen LogP contribution is 2.12. The number of nitro groups is 1. The van der Waals surface area contributed by atoms with Gasteiger partial charge in [0, 0.05) is 27.6 Å². The molecule has 17 heavy (non-hydrogen) atoms. The number of aromatic nitrogens is 3. The number of hydrogen-bond acceptors (Lipinski definition) is 6. The molecule has 1 atom stereocenters. The average molecular weight is 308 g/mol. The first-order valence-electron chi connectivity index (χ1n) is 5.18. The maximum Gasteiger partial charge on any atom is 0.492 e. The lowest BCUT2D eigenvalue weighted by atomic mass is 10.3. The highest BCUT2D eigenvalue weighted by atomic mass is 79.9. The maximum absolute atomic E-state index is 10.4. The smallest absolute Gasteiger partial charge is 0.390 e. The first-order valence-corrected chi connectivity index (χ1v) is 5.97. The SMILES string of the molecule is CCCNCC(O)Cn1nc([N+](=O)[O-])nc1Br. The van der Waals surface area contributed by atoms with Crippen molar-refractivity contribution in [3.63, 3.8) is 0 Å². The van der Waals surface area contributed by atoms with Crippen molar-refractivity contribution in [2.45, 2.75) is 26.0 Å². The number of halogens is 1. The molecule has 1 heterocycles. The summed E-state index contributed by atoms with van der Waals surface area (Å²) in [6.45, 7) is 3.40. The van der Waals surface area contributed by atoms with Gasteiger partial charge in [-0.15, -0.1) is 0 Å². The zero-order chi connectivity index (χ0) is 12.8. The van der Waals surface area contributed by atoms with Crippen molar-refractivity contribution in [2.75, 3.05) is 13.1 Å². The largest absolute Gasteiger partial charge is 0.492 e. The summed E-state index contributed by atoms with van der Waals surface area (Å²) in [7, 11) is 0. The molecule has 0 fully saturated rings. The van der Waals surface area contributed by atoms with Crippen LogP contribution in [0.25, 0.3) is 0 Å². The van der Waals surface area contributed by atoms with E-state index in [4.69, 9.17) is 0 Å². The lowest BCUT2D eigenvalue weighted by Crippen LogP contribution is -2.31. The van der Waals surface area contributed by atoms with Gasteiger partial charge in [0.25, 0.3) is 4.73 Å². The third kappa shape index (κ3) is 4.36. The monoisotopic (exact) mass is 307 g/mol. The molecule has 1 aromatic rings. The van der Waals surface area contributed by atoms with Crippen LogP contribution in [0, 0.1) is 10.1 Å². The Labute approximate surface area is 106 Å². The lowest BCUT2D eigenvalue weighted by molar-refractivity contribution is -0.394. The Balaban J connectivity index is 2.52. The maximum atomic E-state index is 10.4. The molecule has 0 amide bonds. The molecular weight excluding hydrogens is 294 g/mol. The van der Waals surface area contributed by atoms with Crippen molar-refractivity contribution in [1.82, 2.24) is 20.1 Å². The molecule has 2 N–H and O–H groups in total. The van der Waals surface area contributed by atoms with Gasteiger partial charge in [0.1, 0.15) is 0 Å². The summed E-state index contributed by atoms with van der Waals surface area (Å²) >= 11 is 3.05. The Morgan fingerprint density at radius 3 is 2.94 bits per heavy atom. The predicted molar refractivity (Wildman–Crippen MR) is 63.5 cm³/mol. The van der Waals surface area contributed by atoms with Gasteiger partial charge in [0.15, 0.2) is 0 Å². The van der Waals surface area contributed by atoms with Gasteiger partial charge in [0.2, 0.25) is 0 Å². The molecule has 0 aliphatic rings. The normalized spacial score (nSPS) is 12.6. The first-order chi connectivity index (χ1) is 8.04. The van der Waals surface area contributed by atoms with Crippen molar-refractivity contribution >= 4 is 21.9 Å². The van der Waals surface area contributed by atoms with Crippen LogP contribution in [-0.4, -0.2) is 44.0 Å². The Morgan fingerprint density at radius 2 is 2.41 bits per heavy atom. The van der Waals surface area contributed by atoms with Crippen molar-refractivity contribution in [2.24, 2.45) is 0 Å². The molecule has 0 aliphatic carbocycles. The second-order valence-corrected chi connectivity index (χ2v) is 4.19. The molecule has 0 radical (unpaired) electrons. The Kier molecular flexibility index (Phi) is 5.45. The van der Waals surface area contributed by atoms with E-state index in [9.17, 15) is 15.2 Å². The first kappa shape index (κ1) is 14.0. The zero-order valence-corrected chi connectivity index (χ0v) is 10.9. The topological polar surface area (TPSA) is 106 Å². The van der Waals surface area contributed by atoms with Crippen LogP contribution < -0.4 is 5.32 Å². The molecule has 8 nitrogen and oxygen atoms in total. The minimum absolute atomic E-state index is 0.151.